The molecular formula is C21H31FIN5O. The summed E-state index contributed by atoms with van der Waals surface area (Å²) in [6, 6.07) is 7.11. The number of oxazole rings is 1. The summed E-state index contributed by atoms with van der Waals surface area (Å²) in [5, 5.41) is 6.73. The molecule has 0 spiro atoms. The minimum absolute atomic E-state index is 0. The van der Waals surface area contributed by atoms with Gasteiger partial charge in [0.1, 0.15) is 11.6 Å². The topological polar surface area (TPSA) is 65.7 Å². The van der Waals surface area contributed by atoms with Crippen molar-refractivity contribution in [2.45, 2.75) is 51.6 Å². The van der Waals surface area contributed by atoms with Crippen LogP contribution < -0.4 is 15.5 Å². The van der Waals surface area contributed by atoms with Crippen LogP contribution in [0.4, 0.5) is 10.1 Å². The zero-order valence-electron chi connectivity index (χ0n) is 17.5. The van der Waals surface area contributed by atoms with Gasteiger partial charge >= 0.3 is 0 Å². The maximum absolute atomic E-state index is 13.4. The molecule has 29 heavy (non-hydrogen) atoms. The number of rotatable bonds is 4. The van der Waals surface area contributed by atoms with Gasteiger partial charge < -0.3 is 20.0 Å². The molecule has 160 valence electrons. The van der Waals surface area contributed by atoms with Crippen molar-refractivity contribution < 1.29 is 8.81 Å². The van der Waals surface area contributed by atoms with Gasteiger partial charge in [0.05, 0.1) is 12.7 Å². The number of nitrogens with one attached hydrogen (secondary N) is 2. The molecule has 1 aromatic heterocycles. The Labute approximate surface area is 189 Å². The summed E-state index contributed by atoms with van der Waals surface area (Å²) in [6.45, 7) is 8.54. The maximum atomic E-state index is 13.4. The number of nitrogens with zero attached hydrogens (tertiary/aromatic N) is 3. The van der Waals surface area contributed by atoms with Crippen molar-refractivity contribution in [3.05, 3.63) is 47.9 Å². The van der Waals surface area contributed by atoms with E-state index < -0.39 is 0 Å². The molecule has 2 heterocycles. The number of benzene rings is 1. The predicted octanol–water partition coefficient (Wildman–Crippen LogP) is 4.06. The van der Waals surface area contributed by atoms with Gasteiger partial charge in [-0.25, -0.2) is 9.37 Å². The Kier molecular flexibility index (Phi) is 8.30. The Hall–Kier alpha value is -1.84. The highest BCUT2D eigenvalue weighted by Crippen LogP contribution is 2.23. The molecule has 2 aromatic rings. The molecule has 0 saturated carbocycles. The lowest BCUT2D eigenvalue weighted by molar-refractivity contribution is 0.379. The van der Waals surface area contributed by atoms with E-state index in [4.69, 9.17) is 4.42 Å². The zero-order chi connectivity index (χ0) is 20.1. The molecule has 1 fully saturated rings. The highest BCUT2D eigenvalue weighted by Gasteiger charge is 2.21. The fraction of sp³-hybridized carbons (Fsp3) is 0.524. The number of aliphatic imine (C=N–C) groups is 1. The summed E-state index contributed by atoms with van der Waals surface area (Å²) in [6.07, 6.45) is 3.71. The van der Waals surface area contributed by atoms with Crippen LogP contribution in [-0.4, -0.2) is 37.1 Å². The molecule has 1 saturated heterocycles. The lowest BCUT2D eigenvalue weighted by atomic mass is 9.94. The van der Waals surface area contributed by atoms with Gasteiger partial charge in [0.25, 0.3) is 0 Å². The van der Waals surface area contributed by atoms with E-state index in [9.17, 15) is 4.39 Å². The standard InChI is InChI=1S/C21H30FN5O.HI/c1-21(2,3)18-13-24-19(28-18)14-25-20(23-4)26-16-8-10-27(11-9-16)17-7-5-6-15(22)12-17;/h5-7,12-13,16H,8-11,14H2,1-4H3,(H2,23,25,26);1H. The average Bonchev–Trinajstić information content (AvgIpc) is 3.15. The molecule has 1 aliphatic rings. The van der Waals surface area contributed by atoms with Crippen molar-refractivity contribution >= 4 is 35.6 Å². The highest BCUT2D eigenvalue weighted by molar-refractivity contribution is 14.0. The molecule has 0 aliphatic carbocycles. The first-order valence-electron chi connectivity index (χ1n) is 9.78. The second-order valence-electron chi connectivity index (χ2n) is 8.18. The third-order valence-electron chi connectivity index (χ3n) is 4.93. The van der Waals surface area contributed by atoms with Gasteiger partial charge in [-0.05, 0) is 31.0 Å². The van der Waals surface area contributed by atoms with E-state index in [0.717, 1.165) is 43.3 Å². The second kappa shape index (κ2) is 10.3. The normalized spacial score (nSPS) is 15.8. The summed E-state index contributed by atoms with van der Waals surface area (Å²) >= 11 is 0. The quantitative estimate of drug-likeness (QED) is 0.365. The monoisotopic (exact) mass is 515 g/mol. The number of piperidine rings is 1. The number of guanidine groups is 1. The molecule has 8 heteroatoms. The molecule has 2 N–H and O–H groups in total. The summed E-state index contributed by atoms with van der Waals surface area (Å²) in [4.78, 5) is 10.9. The van der Waals surface area contributed by atoms with Crippen LogP contribution in [0.25, 0.3) is 0 Å². The van der Waals surface area contributed by atoms with E-state index in [1.807, 2.05) is 6.07 Å². The van der Waals surface area contributed by atoms with E-state index in [2.05, 4.69) is 46.3 Å². The van der Waals surface area contributed by atoms with E-state index in [1.54, 1.807) is 25.4 Å². The molecule has 0 bridgehead atoms. The molecule has 0 unspecified atom stereocenters. The first-order chi connectivity index (χ1) is 13.3. The van der Waals surface area contributed by atoms with Crippen LogP contribution in [0, 0.1) is 5.82 Å². The predicted molar refractivity (Wildman–Crippen MR) is 126 cm³/mol. The third kappa shape index (κ3) is 6.58. The van der Waals surface area contributed by atoms with Gasteiger partial charge in [0, 0.05) is 37.3 Å². The lowest BCUT2D eigenvalue weighted by Crippen LogP contribution is -2.48. The molecule has 6 nitrogen and oxygen atoms in total. The number of anilines is 1. The maximum Gasteiger partial charge on any atom is 0.213 e. The van der Waals surface area contributed by atoms with Crippen molar-refractivity contribution in [1.82, 2.24) is 15.6 Å². The van der Waals surface area contributed by atoms with Crippen LogP contribution >= 0.6 is 24.0 Å². The van der Waals surface area contributed by atoms with Crippen molar-refractivity contribution in [2.75, 3.05) is 25.0 Å². The van der Waals surface area contributed by atoms with Crippen LogP contribution in [0.1, 0.15) is 45.3 Å². The van der Waals surface area contributed by atoms with Gasteiger partial charge in [0.15, 0.2) is 5.96 Å². The van der Waals surface area contributed by atoms with Crippen LogP contribution in [0.2, 0.25) is 0 Å². The van der Waals surface area contributed by atoms with Gasteiger partial charge in [-0.3, -0.25) is 4.99 Å². The SMILES string of the molecule is CN=C(NCc1ncc(C(C)(C)C)o1)NC1CCN(c2cccc(F)c2)CC1.I. The number of halogens is 2. The van der Waals surface area contributed by atoms with Crippen molar-refractivity contribution in [2.24, 2.45) is 4.99 Å². The molecule has 0 radical (unpaired) electrons. The largest absolute Gasteiger partial charge is 0.443 e. The lowest BCUT2D eigenvalue weighted by Gasteiger charge is -2.34. The molecular weight excluding hydrogens is 484 g/mol. The summed E-state index contributed by atoms with van der Waals surface area (Å²) < 4.78 is 19.2. The Balaban J connectivity index is 0.00000300. The summed E-state index contributed by atoms with van der Waals surface area (Å²) in [5.74, 6) is 2.06. The zero-order valence-corrected chi connectivity index (χ0v) is 19.9. The minimum Gasteiger partial charge on any atom is -0.443 e. The van der Waals surface area contributed by atoms with Crippen LogP contribution in [0.15, 0.2) is 39.9 Å². The summed E-state index contributed by atoms with van der Waals surface area (Å²) in [7, 11) is 1.76. The second-order valence-corrected chi connectivity index (χ2v) is 8.18. The molecule has 3 rings (SSSR count). The number of hydrogen-bond donors (Lipinski definition) is 2. The van der Waals surface area contributed by atoms with Gasteiger partial charge in [-0.2, -0.15) is 0 Å². The number of hydrogen-bond acceptors (Lipinski definition) is 4. The van der Waals surface area contributed by atoms with Crippen LogP contribution in [-0.2, 0) is 12.0 Å². The van der Waals surface area contributed by atoms with E-state index in [1.165, 1.54) is 6.07 Å². The average molecular weight is 515 g/mol. The number of aromatic nitrogens is 1. The molecule has 1 aliphatic heterocycles. The minimum atomic E-state index is -0.191. The van der Waals surface area contributed by atoms with Gasteiger partial charge in [-0.15, -0.1) is 24.0 Å². The smallest absolute Gasteiger partial charge is 0.213 e. The molecule has 0 atom stereocenters. The van der Waals surface area contributed by atoms with E-state index in [-0.39, 0.29) is 35.2 Å². The van der Waals surface area contributed by atoms with Gasteiger partial charge in [-0.1, -0.05) is 26.8 Å². The Morgan fingerprint density at radius 2 is 2.03 bits per heavy atom. The fourth-order valence-electron chi connectivity index (χ4n) is 3.24. The Morgan fingerprint density at radius 3 is 2.62 bits per heavy atom. The fourth-order valence-corrected chi connectivity index (χ4v) is 3.24. The van der Waals surface area contributed by atoms with E-state index >= 15 is 0 Å². The van der Waals surface area contributed by atoms with Crippen molar-refractivity contribution in [3.63, 3.8) is 0 Å². The van der Waals surface area contributed by atoms with Crippen LogP contribution in [0.5, 0.6) is 0 Å². The highest BCUT2D eigenvalue weighted by atomic mass is 127. The summed E-state index contributed by atoms with van der Waals surface area (Å²) in [5.41, 5.74) is 0.889. The Morgan fingerprint density at radius 1 is 1.31 bits per heavy atom. The third-order valence-corrected chi connectivity index (χ3v) is 4.93. The van der Waals surface area contributed by atoms with Crippen LogP contribution in [0.3, 0.4) is 0 Å². The van der Waals surface area contributed by atoms with Crippen molar-refractivity contribution in [3.8, 4) is 0 Å². The van der Waals surface area contributed by atoms with Gasteiger partial charge in [0.2, 0.25) is 5.89 Å². The van der Waals surface area contributed by atoms with Crippen molar-refractivity contribution in [1.29, 1.82) is 0 Å². The molecule has 1 aromatic carbocycles. The Bertz CT molecular complexity index is 809. The molecule has 0 amide bonds. The first kappa shape index (κ1) is 23.4. The first-order valence-corrected chi connectivity index (χ1v) is 9.78. The van der Waals surface area contributed by atoms with E-state index in [0.29, 0.717) is 18.5 Å².